The smallest absolute Gasteiger partial charge is 0.323 e. The Hall–Kier alpha value is -0.870. The fraction of sp³-hybridized carbons (Fsp3) is 0.615. The first-order valence-corrected chi connectivity index (χ1v) is 6.68. The number of hydrogen-bond acceptors (Lipinski definition) is 4. The fourth-order valence-corrected chi connectivity index (χ4v) is 2.03. The van der Waals surface area contributed by atoms with Gasteiger partial charge in [0.2, 0.25) is 0 Å². The van der Waals surface area contributed by atoms with Gasteiger partial charge in [-0.15, -0.1) is 0 Å². The Kier molecular flexibility index (Phi) is 4.71. The molecule has 0 fully saturated rings. The molecule has 0 bridgehead atoms. The summed E-state index contributed by atoms with van der Waals surface area (Å²) >= 11 is 1.67. The number of rotatable bonds is 4. The molecule has 0 aliphatic heterocycles. The van der Waals surface area contributed by atoms with E-state index in [-0.39, 0.29) is 12.0 Å². The van der Waals surface area contributed by atoms with E-state index in [1.54, 1.807) is 11.3 Å². The number of carbonyl (C=O) groups is 1. The predicted molar refractivity (Wildman–Crippen MR) is 71.1 cm³/mol. The Morgan fingerprint density at radius 2 is 2.18 bits per heavy atom. The molecule has 3 nitrogen and oxygen atoms in total. The molecule has 96 valence electrons. The molecule has 0 aliphatic carbocycles. The molecule has 1 atom stereocenters. The standard InChI is InChI=1S/C13H21NO2S/c1-10(12(15)16-13(2,3)4)14(5)8-11-6-7-17-9-11/h6-7,9-10H,8H2,1-5H3. The molecule has 0 saturated carbocycles. The summed E-state index contributed by atoms with van der Waals surface area (Å²) in [5.74, 6) is -0.171. The first kappa shape index (κ1) is 14.2. The molecule has 0 N–H and O–H groups in total. The van der Waals surface area contributed by atoms with Crippen molar-refractivity contribution >= 4 is 17.3 Å². The molecule has 4 heteroatoms. The van der Waals surface area contributed by atoms with E-state index in [0.717, 1.165) is 6.54 Å². The number of carbonyl (C=O) groups excluding carboxylic acids is 1. The van der Waals surface area contributed by atoms with E-state index in [0.29, 0.717) is 0 Å². The third-order valence-electron chi connectivity index (χ3n) is 2.42. The zero-order chi connectivity index (χ0) is 13.1. The van der Waals surface area contributed by atoms with E-state index in [9.17, 15) is 4.79 Å². The van der Waals surface area contributed by atoms with Crippen LogP contribution in [0, 0.1) is 0 Å². The van der Waals surface area contributed by atoms with Crippen LogP contribution in [0.15, 0.2) is 16.8 Å². The maximum Gasteiger partial charge on any atom is 0.323 e. The number of thiophene rings is 1. The highest BCUT2D eigenvalue weighted by Gasteiger charge is 2.24. The second-order valence-electron chi connectivity index (χ2n) is 5.26. The first-order valence-electron chi connectivity index (χ1n) is 5.74. The van der Waals surface area contributed by atoms with Crippen LogP contribution in [0.3, 0.4) is 0 Å². The third-order valence-corrected chi connectivity index (χ3v) is 3.15. The van der Waals surface area contributed by atoms with Gasteiger partial charge in [0, 0.05) is 6.54 Å². The van der Waals surface area contributed by atoms with Gasteiger partial charge in [-0.2, -0.15) is 11.3 Å². The third kappa shape index (κ3) is 4.88. The zero-order valence-corrected chi connectivity index (χ0v) is 12.0. The summed E-state index contributed by atoms with van der Waals surface area (Å²) in [4.78, 5) is 13.9. The van der Waals surface area contributed by atoms with E-state index in [4.69, 9.17) is 4.74 Å². The van der Waals surface area contributed by atoms with Crippen molar-refractivity contribution in [3.63, 3.8) is 0 Å². The predicted octanol–water partition coefficient (Wildman–Crippen LogP) is 2.91. The molecule has 1 heterocycles. The molecule has 17 heavy (non-hydrogen) atoms. The zero-order valence-electron chi connectivity index (χ0n) is 11.2. The Labute approximate surface area is 107 Å². The van der Waals surface area contributed by atoms with Crippen LogP contribution in [0.2, 0.25) is 0 Å². The molecule has 0 aromatic carbocycles. The maximum atomic E-state index is 11.9. The molecular formula is C13H21NO2S. The lowest BCUT2D eigenvalue weighted by molar-refractivity contribution is -0.160. The molecule has 0 spiro atoms. The average Bonchev–Trinajstić information content (AvgIpc) is 2.66. The van der Waals surface area contributed by atoms with Crippen LogP contribution < -0.4 is 0 Å². The summed E-state index contributed by atoms with van der Waals surface area (Å²) in [6, 6.07) is 1.84. The number of esters is 1. The lowest BCUT2D eigenvalue weighted by Gasteiger charge is -2.27. The summed E-state index contributed by atoms with van der Waals surface area (Å²) in [5, 5.41) is 4.14. The van der Waals surface area contributed by atoms with Gasteiger partial charge < -0.3 is 4.74 Å². The number of nitrogens with zero attached hydrogens (tertiary/aromatic N) is 1. The van der Waals surface area contributed by atoms with Crippen molar-refractivity contribution in [3.05, 3.63) is 22.4 Å². The van der Waals surface area contributed by atoms with Crippen molar-refractivity contribution in [1.82, 2.24) is 4.90 Å². The van der Waals surface area contributed by atoms with Crippen LogP contribution in [0.1, 0.15) is 33.3 Å². The average molecular weight is 255 g/mol. The van der Waals surface area contributed by atoms with E-state index in [1.165, 1.54) is 5.56 Å². The Morgan fingerprint density at radius 3 is 2.65 bits per heavy atom. The van der Waals surface area contributed by atoms with E-state index in [1.807, 2.05) is 45.0 Å². The summed E-state index contributed by atoms with van der Waals surface area (Å²) in [7, 11) is 1.94. The minimum atomic E-state index is -0.422. The lowest BCUT2D eigenvalue weighted by Crippen LogP contribution is -2.40. The fourth-order valence-electron chi connectivity index (χ4n) is 1.37. The van der Waals surface area contributed by atoms with Gasteiger partial charge in [0.1, 0.15) is 11.6 Å². The second kappa shape index (κ2) is 5.65. The minimum absolute atomic E-state index is 0.171. The van der Waals surface area contributed by atoms with Gasteiger partial charge in [0.05, 0.1) is 0 Å². The van der Waals surface area contributed by atoms with Crippen molar-refractivity contribution in [2.24, 2.45) is 0 Å². The van der Waals surface area contributed by atoms with Gasteiger partial charge >= 0.3 is 5.97 Å². The highest BCUT2D eigenvalue weighted by Crippen LogP contribution is 2.13. The van der Waals surface area contributed by atoms with Gasteiger partial charge in [0.25, 0.3) is 0 Å². The second-order valence-corrected chi connectivity index (χ2v) is 6.04. The quantitative estimate of drug-likeness (QED) is 0.775. The van der Waals surface area contributed by atoms with Gasteiger partial charge in [-0.3, -0.25) is 9.69 Å². The molecular weight excluding hydrogens is 234 g/mol. The van der Waals surface area contributed by atoms with Crippen molar-refractivity contribution < 1.29 is 9.53 Å². The Morgan fingerprint density at radius 1 is 1.53 bits per heavy atom. The normalized spacial score (nSPS) is 13.8. The van der Waals surface area contributed by atoms with Gasteiger partial charge in [0.15, 0.2) is 0 Å². The van der Waals surface area contributed by atoms with Crippen LogP contribution in [-0.4, -0.2) is 29.6 Å². The molecule has 0 amide bonds. The molecule has 1 aromatic heterocycles. The maximum absolute atomic E-state index is 11.9. The topological polar surface area (TPSA) is 29.5 Å². The monoisotopic (exact) mass is 255 g/mol. The van der Waals surface area contributed by atoms with Crippen LogP contribution in [0.5, 0.6) is 0 Å². The van der Waals surface area contributed by atoms with Crippen LogP contribution >= 0.6 is 11.3 Å². The van der Waals surface area contributed by atoms with Gasteiger partial charge in [-0.05, 0) is 57.1 Å². The minimum Gasteiger partial charge on any atom is -0.459 e. The van der Waals surface area contributed by atoms with Crippen LogP contribution in [0.25, 0.3) is 0 Å². The number of ether oxygens (including phenoxy) is 1. The van der Waals surface area contributed by atoms with Crippen molar-refractivity contribution in [2.75, 3.05) is 7.05 Å². The van der Waals surface area contributed by atoms with E-state index >= 15 is 0 Å². The molecule has 0 saturated heterocycles. The summed E-state index contributed by atoms with van der Waals surface area (Å²) in [6.45, 7) is 8.30. The lowest BCUT2D eigenvalue weighted by atomic mass is 10.2. The van der Waals surface area contributed by atoms with E-state index in [2.05, 4.69) is 11.4 Å². The number of hydrogen-bond donors (Lipinski definition) is 0. The molecule has 1 unspecified atom stereocenters. The van der Waals surface area contributed by atoms with Crippen molar-refractivity contribution in [2.45, 2.75) is 45.9 Å². The summed E-state index contributed by atoms with van der Waals surface area (Å²) < 4.78 is 5.36. The van der Waals surface area contributed by atoms with Gasteiger partial charge in [-0.1, -0.05) is 0 Å². The number of likely N-dealkylation sites (N-methyl/N-ethyl adjacent to an activating group) is 1. The summed E-state index contributed by atoms with van der Waals surface area (Å²) in [5.41, 5.74) is 0.807. The largest absolute Gasteiger partial charge is 0.459 e. The highest BCUT2D eigenvalue weighted by molar-refractivity contribution is 7.07. The highest BCUT2D eigenvalue weighted by atomic mass is 32.1. The Bertz CT molecular complexity index is 354. The summed E-state index contributed by atoms with van der Waals surface area (Å²) in [6.07, 6.45) is 0. The SMILES string of the molecule is CC(C(=O)OC(C)(C)C)N(C)Cc1ccsc1. The van der Waals surface area contributed by atoms with Crippen molar-refractivity contribution in [3.8, 4) is 0 Å². The van der Waals surface area contributed by atoms with Crippen molar-refractivity contribution in [1.29, 1.82) is 0 Å². The van der Waals surface area contributed by atoms with Gasteiger partial charge in [-0.25, -0.2) is 0 Å². The van der Waals surface area contributed by atoms with E-state index < -0.39 is 5.60 Å². The molecule has 0 aliphatic rings. The van der Waals surface area contributed by atoms with Crippen LogP contribution in [-0.2, 0) is 16.1 Å². The first-order chi connectivity index (χ1) is 7.79. The molecule has 1 rings (SSSR count). The molecule has 1 aromatic rings. The van der Waals surface area contributed by atoms with Crippen LogP contribution in [0.4, 0.5) is 0 Å². The molecule has 0 radical (unpaired) electrons. The Balaban J connectivity index is 2.51.